The standard InChI is InChI=1S/C15H15FN6O4S/c1-26-13-3-2-11(8-12(13)16)27(24,25)19-6-7-21-15(23)5-4-14(20-21)22-10-17-9-18-22/h2-5,8-10,19H,6-7H2,1H3. The molecule has 1 N–H and O–H groups in total. The minimum Gasteiger partial charge on any atom is -0.494 e. The smallest absolute Gasteiger partial charge is 0.266 e. The Morgan fingerprint density at radius 1 is 1.26 bits per heavy atom. The summed E-state index contributed by atoms with van der Waals surface area (Å²) in [7, 11) is -2.68. The molecule has 0 spiro atoms. The third kappa shape index (κ3) is 4.17. The number of nitrogens with one attached hydrogen (secondary N) is 1. The maximum Gasteiger partial charge on any atom is 0.266 e. The van der Waals surface area contributed by atoms with Gasteiger partial charge >= 0.3 is 0 Å². The van der Waals surface area contributed by atoms with Crippen LogP contribution in [-0.2, 0) is 16.6 Å². The molecule has 0 fully saturated rings. The highest BCUT2D eigenvalue weighted by Gasteiger charge is 2.16. The monoisotopic (exact) mass is 394 g/mol. The molecule has 0 amide bonds. The Labute approximate surface area is 153 Å². The Hall–Kier alpha value is -3.12. The minimum absolute atomic E-state index is 0.0285. The first-order valence-electron chi connectivity index (χ1n) is 7.67. The molecule has 12 heteroatoms. The second kappa shape index (κ2) is 7.63. The van der Waals surface area contributed by atoms with Crippen LogP contribution >= 0.6 is 0 Å². The molecular formula is C15H15FN6O4S. The molecule has 0 aliphatic carbocycles. The molecule has 27 heavy (non-hydrogen) atoms. The van der Waals surface area contributed by atoms with E-state index in [4.69, 9.17) is 4.74 Å². The maximum atomic E-state index is 13.7. The second-order valence-electron chi connectivity index (χ2n) is 5.29. The molecule has 0 unspecified atom stereocenters. The van der Waals surface area contributed by atoms with Crippen molar-refractivity contribution in [2.75, 3.05) is 13.7 Å². The molecule has 2 aromatic heterocycles. The Balaban J connectivity index is 1.71. The Morgan fingerprint density at radius 2 is 2.07 bits per heavy atom. The topological polar surface area (TPSA) is 121 Å². The van der Waals surface area contributed by atoms with Crippen molar-refractivity contribution in [3.05, 3.63) is 59.2 Å². The van der Waals surface area contributed by atoms with Crippen LogP contribution in [0.1, 0.15) is 0 Å². The molecule has 0 aliphatic rings. The lowest BCUT2D eigenvalue weighted by molar-refractivity contribution is 0.385. The zero-order valence-electron chi connectivity index (χ0n) is 14.1. The zero-order valence-corrected chi connectivity index (χ0v) is 14.9. The molecule has 3 rings (SSSR count). The summed E-state index contributed by atoms with van der Waals surface area (Å²) in [6, 6.07) is 6.06. The molecule has 0 atom stereocenters. The van der Waals surface area contributed by atoms with Gasteiger partial charge in [0, 0.05) is 12.6 Å². The Kier molecular flexibility index (Phi) is 5.28. The summed E-state index contributed by atoms with van der Waals surface area (Å²) in [5.74, 6) is -0.499. The third-order valence-corrected chi connectivity index (χ3v) is 5.01. The fourth-order valence-corrected chi connectivity index (χ4v) is 3.26. The second-order valence-corrected chi connectivity index (χ2v) is 7.05. The van der Waals surface area contributed by atoms with Crippen LogP contribution in [0.25, 0.3) is 5.82 Å². The van der Waals surface area contributed by atoms with E-state index in [2.05, 4.69) is 19.9 Å². The number of rotatable bonds is 7. The molecule has 1 aromatic carbocycles. The Morgan fingerprint density at radius 3 is 2.74 bits per heavy atom. The van der Waals surface area contributed by atoms with E-state index in [1.165, 1.54) is 48.7 Å². The van der Waals surface area contributed by atoms with Crippen molar-refractivity contribution in [1.82, 2.24) is 29.3 Å². The first kappa shape index (κ1) is 18.7. The van der Waals surface area contributed by atoms with Gasteiger partial charge in [0.15, 0.2) is 17.4 Å². The number of aromatic nitrogens is 5. The number of hydrogen-bond donors (Lipinski definition) is 1. The summed E-state index contributed by atoms with van der Waals surface area (Å²) < 4.78 is 47.8. The molecule has 0 saturated heterocycles. The number of hydrogen-bond acceptors (Lipinski definition) is 7. The van der Waals surface area contributed by atoms with Crippen molar-refractivity contribution in [2.45, 2.75) is 11.4 Å². The molecule has 0 bridgehead atoms. The van der Waals surface area contributed by atoms with Gasteiger partial charge in [-0.25, -0.2) is 31.9 Å². The van der Waals surface area contributed by atoms with E-state index < -0.39 is 21.4 Å². The van der Waals surface area contributed by atoms with Gasteiger partial charge in [0.05, 0.1) is 18.6 Å². The fraction of sp³-hybridized carbons (Fsp3) is 0.200. The van der Waals surface area contributed by atoms with Gasteiger partial charge in [0.2, 0.25) is 10.0 Å². The first-order valence-corrected chi connectivity index (χ1v) is 9.15. The average molecular weight is 394 g/mol. The summed E-state index contributed by atoms with van der Waals surface area (Å²) in [5, 5.41) is 8.01. The largest absolute Gasteiger partial charge is 0.494 e. The molecule has 0 radical (unpaired) electrons. The molecular weight excluding hydrogens is 379 g/mol. The van der Waals surface area contributed by atoms with Crippen LogP contribution in [0.15, 0.2) is 52.7 Å². The fourth-order valence-electron chi connectivity index (χ4n) is 2.23. The predicted octanol–water partition coefficient (Wildman–Crippen LogP) is -0.0498. The van der Waals surface area contributed by atoms with Crippen molar-refractivity contribution >= 4 is 10.0 Å². The van der Waals surface area contributed by atoms with Crippen LogP contribution in [-0.4, -0.2) is 46.6 Å². The maximum absolute atomic E-state index is 13.7. The number of halogens is 1. The third-order valence-electron chi connectivity index (χ3n) is 3.56. The summed E-state index contributed by atoms with van der Waals surface area (Å²) in [6.07, 6.45) is 2.73. The normalized spacial score (nSPS) is 11.5. The summed E-state index contributed by atoms with van der Waals surface area (Å²) in [6.45, 7) is -0.150. The van der Waals surface area contributed by atoms with Crippen molar-refractivity contribution in [3.8, 4) is 11.6 Å². The van der Waals surface area contributed by atoms with E-state index in [1.54, 1.807) is 0 Å². The molecule has 10 nitrogen and oxygen atoms in total. The Bertz CT molecular complexity index is 1100. The van der Waals surface area contributed by atoms with E-state index in [-0.39, 0.29) is 23.7 Å². The van der Waals surface area contributed by atoms with Crippen molar-refractivity contribution in [1.29, 1.82) is 0 Å². The van der Waals surface area contributed by atoms with E-state index in [9.17, 15) is 17.6 Å². The molecule has 0 saturated carbocycles. The van der Waals surface area contributed by atoms with Gasteiger partial charge in [-0.2, -0.15) is 5.10 Å². The highest BCUT2D eigenvalue weighted by atomic mass is 32.2. The van der Waals surface area contributed by atoms with Crippen LogP contribution in [0.3, 0.4) is 0 Å². The molecule has 3 aromatic rings. The molecule has 2 heterocycles. The van der Waals surface area contributed by atoms with Crippen LogP contribution in [0.2, 0.25) is 0 Å². The minimum atomic E-state index is -3.96. The SMILES string of the molecule is COc1ccc(S(=O)(=O)NCCn2nc(-n3cncn3)ccc2=O)cc1F. The average Bonchev–Trinajstić information content (AvgIpc) is 3.18. The van der Waals surface area contributed by atoms with Gasteiger partial charge < -0.3 is 4.74 Å². The zero-order chi connectivity index (χ0) is 19.4. The van der Waals surface area contributed by atoms with E-state index in [1.807, 2.05) is 0 Å². The van der Waals surface area contributed by atoms with Crippen LogP contribution in [0.4, 0.5) is 4.39 Å². The van der Waals surface area contributed by atoms with Crippen molar-refractivity contribution in [3.63, 3.8) is 0 Å². The lowest BCUT2D eigenvalue weighted by Crippen LogP contribution is -2.32. The van der Waals surface area contributed by atoms with Crippen molar-refractivity contribution in [2.24, 2.45) is 0 Å². The van der Waals surface area contributed by atoms with Gasteiger partial charge in [-0.3, -0.25) is 4.79 Å². The van der Waals surface area contributed by atoms with Gasteiger partial charge in [0.25, 0.3) is 5.56 Å². The summed E-state index contributed by atoms with van der Waals surface area (Å²) in [5.41, 5.74) is -0.409. The number of sulfonamides is 1. The van der Waals surface area contributed by atoms with Gasteiger partial charge in [-0.05, 0) is 24.3 Å². The number of nitrogens with zero attached hydrogens (tertiary/aromatic N) is 5. The predicted molar refractivity (Wildman–Crippen MR) is 91.6 cm³/mol. The van der Waals surface area contributed by atoms with Crippen LogP contribution in [0.5, 0.6) is 5.75 Å². The van der Waals surface area contributed by atoms with Crippen LogP contribution < -0.4 is 15.0 Å². The van der Waals surface area contributed by atoms with E-state index in [0.29, 0.717) is 5.82 Å². The highest BCUT2D eigenvalue weighted by Crippen LogP contribution is 2.20. The quantitative estimate of drug-likeness (QED) is 0.596. The van der Waals surface area contributed by atoms with Gasteiger partial charge in [-0.15, -0.1) is 5.10 Å². The summed E-state index contributed by atoms with van der Waals surface area (Å²) in [4.78, 5) is 15.4. The van der Waals surface area contributed by atoms with Crippen molar-refractivity contribution < 1.29 is 17.5 Å². The molecule has 0 aliphatic heterocycles. The molecule has 142 valence electrons. The number of benzene rings is 1. The van der Waals surface area contributed by atoms with E-state index in [0.717, 1.165) is 10.7 Å². The van der Waals surface area contributed by atoms with Gasteiger partial charge in [-0.1, -0.05) is 0 Å². The van der Waals surface area contributed by atoms with Gasteiger partial charge in [0.1, 0.15) is 12.7 Å². The first-order chi connectivity index (χ1) is 12.9. The van der Waals surface area contributed by atoms with E-state index >= 15 is 0 Å². The number of methoxy groups -OCH3 is 1. The summed E-state index contributed by atoms with van der Waals surface area (Å²) >= 11 is 0. The highest BCUT2D eigenvalue weighted by molar-refractivity contribution is 7.89. The lowest BCUT2D eigenvalue weighted by atomic mass is 10.3. The lowest BCUT2D eigenvalue weighted by Gasteiger charge is -2.10. The van der Waals surface area contributed by atoms with Crippen LogP contribution in [0, 0.1) is 5.82 Å². The number of ether oxygens (including phenoxy) is 1.